The second kappa shape index (κ2) is 8.04. The highest BCUT2D eigenvalue weighted by Gasteiger charge is 2.18. The summed E-state index contributed by atoms with van der Waals surface area (Å²) in [7, 11) is 4.93. The predicted octanol–water partition coefficient (Wildman–Crippen LogP) is 3.47. The molecule has 3 rings (SSSR count). The molecule has 0 radical (unpaired) electrons. The number of hydrogen-bond acceptors (Lipinski definition) is 5. The minimum absolute atomic E-state index is 0.0413. The van der Waals surface area contributed by atoms with Gasteiger partial charge in [-0.25, -0.2) is 0 Å². The molecule has 0 aliphatic carbocycles. The molecule has 0 aliphatic heterocycles. The summed E-state index contributed by atoms with van der Waals surface area (Å²) < 4.78 is 16.4. The van der Waals surface area contributed by atoms with Crippen LogP contribution in [-0.2, 0) is 4.79 Å². The van der Waals surface area contributed by atoms with E-state index in [4.69, 9.17) is 13.9 Å². The molecule has 0 bridgehead atoms. The number of furan rings is 1. The molecule has 7 heteroatoms. The van der Waals surface area contributed by atoms with Crippen molar-refractivity contribution in [3.8, 4) is 11.5 Å². The number of ether oxygens (including phenoxy) is 2. The summed E-state index contributed by atoms with van der Waals surface area (Å²) in [5, 5.41) is 3.64. The minimum atomic E-state index is -0.343. The number of likely N-dealkylation sites (N-methyl/N-ethyl adjacent to an activating group) is 1. The Morgan fingerprint density at radius 1 is 1.07 bits per heavy atom. The first kappa shape index (κ1) is 19.3. The number of rotatable bonds is 6. The maximum atomic E-state index is 12.6. The molecule has 0 saturated carbocycles. The lowest BCUT2D eigenvalue weighted by atomic mass is 10.1. The standard InChI is InChI=1S/C21H22N2O5/c1-13-17-11-16(26-4)9-10-18(17)28-20(13)21(25)22-14-5-7-15(8-6-14)27-12-19(24)23(2)3/h5-11H,12H2,1-4H3,(H,22,25). The molecule has 0 unspecified atom stereocenters. The number of methoxy groups -OCH3 is 1. The van der Waals surface area contributed by atoms with Crippen LogP contribution in [0.3, 0.4) is 0 Å². The molecule has 146 valence electrons. The zero-order valence-corrected chi connectivity index (χ0v) is 16.2. The van der Waals surface area contributed by atoms with Gasteiger partial charge < -0.3 is 24.1 Å². The van der Waals surface area contributed by atoms with E-state index >= 15 is 0 Å². The second-order valence-corrected chi connectivity index (χ2v) is 6.47. The van der Waals surface area contributed by atoms with Crippen molar-refractivity contribution < 1.29 is 23.5 Å². The van der Waals surface area contributed by atoms with Crippen molar-refractivity contribution in [1.82, 2.24) is 4.90 Å². The van der Waals surface area contributed by atoms with Crippen LogP contribution in [0.25, 0.3) is 11.0 Å². The lowest BCUT2D eigenvalue weighted by Gasteiger charge is -2.11. The van der Waals surface area contributed by atoms with Gasteiger partial charge in [-0.1, -0.05) is 0 Å². The van der Waals surface area contributed by atoms with E-state index in [1.54, 1.807) is 57.6 Å². The Balaban J connectivity index is 1.70. The smallest absolute Gasteiger partial charge is 0.291 e. The number of aryl methyl sites for hydroxylation is 1. The maximum absolute atomic E-state index is 12.6. The van der Waals surface area contributed by atoms with Crippen molar-refractivity contribution in [3.05, 3.63) is 53.8 Å². The van der Waals surface area contributed by atoms with Gasteiger partial charge in [0.15, 0.2) is 12.4 Å². The summed E-state index contributed by atoms with van der Waals surface area (Å²) in [4.78, 5) is 25.6. The summed E-state index contributed by atoms with van der Waals surface area (Å²) in [6.45, 7) is 1.79. The average molecular weight is 382 g/mol. The van der Waals surface area contributed by atoms with Crippen molar-refractivity contribution in [2.24, 2.45) is 0 Å². The van der Waals surface area contributed by atoms with Gasteiger partial charge in [0.25, 0.3) is 11.8 Å². The van der Waals surface area contributed by atoms with Crippen LogP contribution < -0.4 is 14.8 Å². The molecule has 0 atom stereocenters. The number of carbonyl (C=O) groups excluding carboxylic acids is 2. The lowest BCUT2D eigenvalue weighted by molar-refractivity contribution is -0.130. The number of benzene rings is 2. The van der Waals surface area contributed by atoms with Crippen molar-refractivity contribution >= 4 is 28.5 Å². The van der Waals surface area contributed by atoms with Crippen molar-refractivity contribution in [2.45, 2.75) is 6.92 Å². The van der Waals surface area contributed by atoms with Crippen molar-refractivity contribution in [1.29, 1.82) is 0 Å². The Kier molecular flexibility index (Phi) is 5.54. The van der Waals surface area contributed by atoms with Gasteiger partial charge in [0, 0.05) is 30.7 Å². The number of hydrogen-bond donors (Lipinski definition) is 1. The van der Waals surface area contributed by atoms with E-state index in [-0.39, 0.29) is 24.2 Å². The SMILES string of the molecule is COc1ccc2oc(C(=O)Nc3ccc(OCC(=O)N(C)C)cc3)c(C)c2c1. The first-order valence-corrected chi connectivity index (χ1v) is 8.70. The number of carbonyl (C=O) groups is 2. The first-order valence-electron chi connectivity index (χ1n) is 8.70. The van der Waals surface area contributed by atoms with Gasteiger partial charge in [0.05, 0.1) is 7.11 Å². The summed E-state index contributed by atoms with van der Waals surface area (Å²) >= 11 is 0. The van der Waals surface area contributed by atoms with Gasteiger partial charge in [-0.15, -0.1) is 0 Å². The quantitative estimate of drug-likeness (QED) is 0.706. The number of fused-ring (bicyclic) bond motifs is 1. The summed E-state index contributed by atoms with van der Waals surface area (Å²) in [6, 6.07) is 12.2. The van der Waals surface area contributed by atoms with Crippen molar-refractivity contribution in [3.63, 3.8) is 0 Å². The monoisotopic (exact) mass is 382 g/mol. The molecule has 0 saturated heterocycles. The zero-order valence-electron chi connectivity index (χ0n) is 16.2. The van der Waals surface area contributed by atoms with E-state index in [9.17, 15) is 9.59 Å². The molecular weight excluding hydrogens is 360 g/mol. The Bertz CT molecular complexity index is 1010. The molecule has 28 heavy (non-hydrogen) atoms. The van der Waals surface area contributed by atoms with E-state index in [1.807, 2.05) is 13.0 Å². The van der Waals surface area contributed by atoms with Gasteiger partial charge in [-0.05, 0) is 49.4 Å². The number of nitrogens with one attached hydrogen (secondary N) is 1. The highest BCUT2D eigenvalue weighted by Crippen LogP contribution is 2.29. The molecule has 0 aliphatic rings. The molecule has 7 nitrogen and oxygen atoms in total. The molecule has 0 spiro atoms. The van der Waals surface area contributed by atoms with Crippen LogP contribution in [0.1, 0.15) is 16.1 Å². The highest BCUT2D eigenvalue weighted by molar-refractivity contribution is 6.06. The lowest BCUT2D eigenvalue weighted by Crippen LogP contribution is -2.27. The summed E-state index contributed by atoms with van der Waals surface area (Å²) in [5.41, 5.74) is 1.96. The molecule has 1 N–H and O–H groups in total. The predicted molar refractivity (Wildman–Crippen MR) is 106 cm³/mol. The van der Waals surface area contributed by atoms with Crippen molar-refractivity contribution in [2.75, 3.05) is 33.1 Å². The third-order valence-electron chi connectivity index (χ3n) is 4.32. The molecule has 2 aromatic carbocycles. The van der Waals surface area contributed by atoms with Crippen LogP contribution >= 0.6 is 0 Å². The fourth-order valence-electron chi connectivity index (χ4n) is 2.64. The third-order valence-corrected chi connectivity index (χ3v) is 4.32. The molecule has 1 aromatic heterocycles. The summed E-state index contributed by atoms with van der Waals surface area (Å²) in [5.74, 6) is 1.02. The first-order chi connectivity index (χ1) is 13.4. The molecule has 0 fully saturated rings. The van der Waals surface area contributed by atoms with Crippen LogP contribution in [0.15, 0.2) is 46.9 Å². The topological polar surface area (TPSA) is 81.0 Å². The average Bonchev–Trinajstić information content (AvgIpc) is 3.03. The fourth-order valence-corrected chi connectivity index (χ4v) is 2.64. The third kappa shape index (κ3) is 4.09. The second-order valence-electron chi connectivity index (χ2n) is 6.47. The van der Waals surface area contributed by atoms with Gasteiger partial charge in [0.2, 0.25) is 0 Å². The van der Waals surface area contributed by atoms with Gasteiger partial charge in [-0.3, -0.25) is 9.59 Å². The number of nitrogens with zero attached hydrogens (tertiary/aromatic N) is 1. The Labute approximate surface area is 162 Å². The van der Waals surface area contributed by atoms with E-state index in [0.29, 0.717) is 22.8 Å². The van der Waals surface area contributed by atoms with E-state index < -0.39 is 0 Å². The molecule has 2 amide bonds. The van der Waals surface area contributed by atoms with Crippen LogP contribution in [0, 0.1) is 6.92 Å². The Hall–Kier alpha value is -3.48. The maximum Gasteiger partial charge on any atom is 0.291 e. The molecule has 3 aromatic rings. The molecular formula is C21H22N2O5. The van der Waals surface area contributed by atoms with Gasteiger partial charge in [0.1, 0.15) is 17.1 Å². The van der Waals surface area contributed by atoms with E-state index in [2.05, 4.69) is 5.32 Å². The number of amides is 2. The van der Waals surface area contributed by atoms with Crippen LogP contribution in [0.4, 0.5) is 5.69 Å². The Morgan fingerprint density at radius 2 is 1.75 bits per heavy atom. The van der Waals surface area contributed by atoms with Gasteiger partial charge in [-0.2, -0.15) is 0 Å². The van der Waals surface area contributed by atoms with Crippen LogP contribution in [0.5, 0.6) is 11.5 Å². The van der Waals surface area contributed by atoms with E-state index in [0.717, 1.165) is 10.9 Å². The Morgan fingerprint density at radius 3 is 2.39 bits per heavy atom. The largest absolute Gasteiger partial charge is 0.497 e. The fraction of sp³-hybridized carbons (Fsp3) is 0.238. The minimum Gasteiger partial charge on any atom is -0.497 e. The molecule has 1 heterocycles. The normalized spacial score (nSPS) is 10.6. The highest BCUT2D eigenvalue weighted by atomic mass is 16.5. The van der Waals surface area contributed by atoms with Gasteiger partial charge >= 0.3 is 0 Å². The van der Waals surface area contributed by atoms with E-state index in [1.165, 1.54) is 4.90 Å². The number of anilines is 1. The zero-order chi connectivity index (χ0) is 20.3. The van der Waals surface area contributed by atoms with Crippen LogP contribution in [0.2, 0.25) is 0 Å². The van der Waals surface area contributed by atoms with Crippen LogP contribution in [-0.4, -0.2) is 44.5 Å². The summed E-state index contributed by atoms with van der Waals surface area (Å²) in [6.07, 6.45) is 0.